The van der Waals surface area contributed by atoms with Crippen molar-refractivity contribution in [3.05, 3.63) is 138 Å². The predicted molar refractivity (Wildman–Crippen MR) is 187 cm³/mol. The SMILES string of the molecule is COc1ccccc1-c1ccc(NC(=O)C(Cc2ccc(C(=O)NCCS(=O)(=O)O)cc2)c2ccc(-c3ccccc3OC)cc2)cc1. The summed E-state index contributed by atoms with van der Waals surface area (Å²) in [6.07, 6.45) is 0.351. The fraction of sp³-hybridized carbons (Fsp3) is 0.158. The molecule has 0 saturated heterocycles. The van der Waals surface area contributed by atoms with Crippen LogP contribution in [0.25, 0.3) is 22.3 Å². The normalized spacial score (nSPS) is 11.7. The van der Waals surface area contributed by atoms with Gasteiger partial charge in [-0.3, -0.25) is 14.1 Å². The largest absolute Gasteiger partial charge is 0.496 e. The van der Waals surface area contributed by atoms with Crippen molar-refractivity contribution in [2.24, 2.45) is 0 Å². The van der Waals surface area contributed by atoms with Gasteiger partial charge in [-0.05, 0) is 65.1 Å². The van der Waals surface area contributed by atoms with Crippen molar-refractivity contribution in [2.45, 2.75) is 12.3 Å². The van der Waals surface area contributed by atoms with Gasteiger partial charge in [0, 0.05) is 28.9 Å². The molecule has 0 saturated carbocycles. The zero-order chi connectivity index (χ0) is 34.1. The number of methoxy groups -OCH3 is 2. The molecule has 1 atom stereocenters. The summed E-state index contributed by atoms with van der Waals surface area (Å²) in [5.74, 6) is -0.307. The summed E-state index contributed by atoms with van der Waals surface area (Å²) in [6.45, 7) is -0.216. The minimum Gasteiger partial charge on any atom is -0.496 e. The summed E-state index contributed by atoms with van der Waals surface area (Å²) in [4.78, 5) is 26.4. The summed E-state index contributed by atoms with van der Waals surface area (Å²) < 4.78 is 41.9. The van der Waals surface area contributed by atoms with E-state index in [0.717, 1.165) is 44.9 Å². The molecule has 0 heterocycles. The molecule has 2 amide bonds. The van der Waals surface area contributed by atoms with E-state index < -0.39 is 27.7 Å². The van der Waals surface area contributed by atoms with E-state index in [1.807, 2.05) is 97.1 Å². The third-order valence-corrected chi connectivity index (χ3v) is 8.64. The van der Waals surface area contributed by atoms with Crippen molar-refractivity contribution in [1.29, 1.82) is 0 Å². The van der Waals surface area contributed by atoms with Crippen LogP contribution in [-0.4, -0.2) is 51.3 Å². The fourth-order valence-electron chi connectivity index (χ4n) is 5.41. The van der Waals surface area contributed by atoms with Crippen LogP contribution < -0.4 is 20.1 Å². The maximum absolute atomic E-state index is 13.9. The number of hydrogen-bond donors (Lipinski definition) is 3. The Morgan fingerprint density at radius 3 is 1.75 bits per heavy atom. The molecular weight excluding hydrogens is 628 g/mol. The van der Waals surface area contributed by atoms with Crippen LogP contribution >= 0.6 is 0 Å². The van der Waals surface area contributed by atoms with Crippen LogP contribution in [0.5, 0.6) is 11.5 Å². The van der Waals surface area contributed by atoms with Gasteiger partial charge in [-0.2, -0.15) is 8.42 Å². The second-order valence-electron chi connectivity index (χ2n) is 11.1. The van der Waals surface area contributed by atoms with Gasteiger partial charge in [-0.1, -0.05) is 84.9 Å². The smallest absolute Gasteiger partial charge is 0.266 e. The van der Waals surface area contributed by atoms with Gasteiger partial charge in [-0.25, -0.2) is 0 Å². The lowest BCUT2D eigenvalue weighted by atomic mass is 9.89. The van der Waals surface area contributed by atoms with Gasteiger partial charge in [-0.15, -0.1) is 0 Å². The Labute approximate surface area is 280 Å². The second-order valence-corrected chi connectivity index (χ2v) is 12.7. The summed E-state index contributed by atoms with van der Waals surface area (Å²) in [5, 5.41) is 5.55. The van der Waals surface area contributed by atoms with Gasteiger partial charge in [0.15, 0.2) is 0 Å². The van der Waals surface area contributed by atoms with Gasteiger partial charge >= 0.3 is 0 Å². The number of nitrogens with one attached hydrogen (secondary N) is 2. The molecule has 0 bridgehead atoms. The van der Waals surface area contributed by atoms with Crippen LogP contribution in [0.1, 0.15) is 27.4 Å². The van der Waals surface area contributed by atoms with Crippen LogP contribution in [0.15, 0.2) is 121 Å². The molecule has 0 spiro atoms. The van der Waals surface area contributed by atoms with Crippen LogP contribution in [0.2, 0.25) is 0 Å². The molecule has 246 valence electrons. The van der Waals surface area contributed by atoms with Gasteiger partial charge in [0.05, 0.1) is 25.9 Å². The lowest BCUT2D eigenvalue weighted by Crippen LogP contribution is -2.28. The van der Waals surface area contributed by atoms with Crippen LogP contribution in [-0.2, 0) is 21.3 Å². The highest BCUT2D eigenvalue weighted by Crippen LogP contribution is 2.33. The van der Waals surface area contributed by atoms with Gasteiger partial charge in [0.2, 0.25) is 5.91 Å². The van der Waals surface area contributed by atoms with E-state index in [0.29, 0.717) is 17.7 Å². The molecule has 0 aliphatic rings. The number of carbonyl (C=O) groups excluding carboxylic acids is 2. The molecule has 0 fully saturated rings. The molecule has 5 aromatic carbocycles. The third kappa shape index (κ3) is 8.67. The van der Waals surface area contributed by atoms with Gasteiger partial charge in [0.1, 0.15) is 11.5 Å². The first-order valence-electron chi connectivity index (χ1n) is 15.2. The predicted octanol–water partition coefficient (Wildman–Crippen LogP) is 6.62. The molecule has 3 N–H and O–H groups in total. The zero-order valence-corrected chi connectivity index (χ0v) is 27.4. The number of amides is 2. The zero-order valence-electron chi connectivity index (χ0n) is 26.6. The lowest BCUT2D eigenvalue weighted by Gasteiger charge is -2.19. The first kappa shape index (κ1) is 33.9. The van der Waals surface area contributed by atoms with E-state index in [2.05, 4.69) is 10.6 Å². The van der Waals surface area contributed by atoms with E-state index >= 15 is 0 Å². The average Bonchev–Trinajstić information content (AvgIpc) is 3.10. The molecule has 0 aliphatic heterocycles. The Balaban J connectivity index is 1.37. The maximum Gasteiger partial charge on any atom is 0.266 e. The van der Waals surface area contributed by atoms with Crippen molar-refractivity contribution in [3.63, 3.8) is 0 Å². The second kappa shape index (κ2) is 15.4. The number of para-hydroxylation sites is 2. The van der Waals surface area contributed by atoms with Crippen molar-refractivity contribution in [2.75, 3.05) is 31.8 Å². The van der Waals surface area contributed by atoms with Gasteiger partial charge in [0.25, 0.3) is 16.0 Å². The molecule has 48 heavy (non-hydrogen) atoms. The highest BCUT2D eigenvalue weighted by molar-refractivity contribution is 7.85. The number of carbonyl (C=O) groups is 2. The van der Waals surface area contributed by atoms with Crippen LogP contribution in [0.4, 0.5) is 5.69 Å². The number of hydrogen-bond acceptors (Lipinski definition) is 6. The third-order valence-electron chi connectivity index (χ3n) is 7.92. The number of benzene rings is 5. The van der Waals surface area contributed by atoms with Crippen molar-refractivity contribution >= 4 is 27.6 Å². The van der Waals surface area contributed by atoms with Crippen LogP contribution in [0.3, 0.4) is 0 Å². The molecule has 5 aromatic rings. The van der Waals surface area contributed by atoms with E-state index in [1.54, 1.807) is 38.5 Å². The molecule has 0 aliphatic carbocycles. The van der Waals surface area contributed by atoms with Crippen molar-refractivity contribution in [1.82, 2.24) is 5.32 Å². The van der Waals surface area contributed by atoms with Crippen molar-refractivity contribution < 1.29 is 32.0 Å². The molecule has 0 radical (unpaired) electrons. The lowest BCUT2D eigenvalue weighted by molar-refractivity contribution is -0.117. The van der Waals surface area contributed by atoms with E-state index in [-0.39, 0.29) is 12.5 Å². The minimum atomic E-state index is -4.18. The van der Waals surface area contributed by atoms with Gasteiger partial charge < -0.3 is 20.1 Å². The topological polar surface area (TPSA) is 131 Å². The quantitative estimate of drug-likeness (QED) is 0.121. The number of ether oxygens (including phenoxy) is 2. The Bertz CT molecular complexity index is 1980. The van der Waals surface area contributed by atoms with E-state index in [1.165, 1.54) is 0 Å². The highest BCUT2D eigenvalue weighted by Gasteiger charge is 2.22. The Hall–Kier alpha value is -5.45. The molecule has 1 unspecified atom stereocenters. The first-order chi connectivity index (χ1) is 23.1. The summed E-state index contributed by atoms with van der Waals surface area (Å²) in [6, 6.07) is 37.6. The number of anilines is 1. The molecule has 10 heteroatoms. The van der Waals surface area contributed by atoms with Crippen molar-refractivity contribution in [3.8, 4) is 33.8 Å². The summed E-state index contributed by atoms with van der Waals surface area (Å²) in [7, 11) is -0.922. The maximum atomic E-state index is 13.9. The standard InChI is InChI=1S/C38H36N2O7S/c1-46-35-9-5-3-7-32(35)27-15-17-29(18-16-27)34(25-26-11-13-30(14-12-26)37(41)39-23-24-48(43,44)45)38(42)40-31-21-19-28(20-22-31)33-8-4-6-10-36(33)47-2/h3-22,34H,23-25H2,1-2H3,(H,39,41)(H,40,42)(H,43,44,45). The summed E-state index contributed by atoms with van der Waals surface area (Å²) >= 11 is 0. The Morgan fingerprint density at radius 1 is 0.708 bits per heavy atom. The molecule has 5 rings (SSSR count). The molecule has 9 nitrogen and oxygen atoms in total. The van der Waals surface area contributed by atoms with E-state index in [4.69, 9.17) is 14.0 Å². The average molecular weight is 665 g/mol. The molecular formula is C38H36N2O7S. The Morgan fingerprint density at radius 2 is 1.23 bits per heavy atom. The monoisotopic (exact) mass is 664 g/mol. The van der Waals surface area contributed by atoms with E-state index in [9.17, 15) is 18.0 Å². The molecule has 0 aromatic heterocycles. The van der Waals surface area contributed by atoms with Crippen LogP contribution in [0, 0.1) is 0 Å². The number of rotatable bonds is 13. The highest BCUT2D eigenvalue weighted by atomic mass is 32.2. The fourth-order valence-corrected chi connectivity index (χ4v) is 5.77. The summed E-state index contributed by atoms with van der Waals surface area (Å²) in [5.41, 5.74) is 6.39. The first-order valence-corrected chi connectivity index (χ1v) is 16.9. The Kier molecular flexibility index (Phi) is 10.9. The minimum absolute atomic E-state index is 0.197.